The fourth-order valence-corrected chi connectivity index (χ4v) is 3.98. The molecule has 7 heteroatoms. The van der Waals surface area contributed by atoms with E-state index in [9.17, 15) is 10.0 Å². The zero-order valence-corrected chi connectivity index (χ0v) is 15.3. The molecule has 4 rings (SSSR count). The number of imidazole rings is 1. The maximum atomic E-state index is 11.5. The third kappa shape index (κ3) is 3.73. The van der Waals surface area contributed by atoms with Gasteiger partial charge >= 0.3 is 0 Å². The molecule has 0 spiro atoms. The summed E-state index contributed by atoms with van der Waals surface area (Å²) in [4.78, 5) is 15.9. The van der Waals surface area contributed by atoms with Crippen molar-refractivity contribution in [3.05, 3.63) is 72.1 Å². The third-order valence-electron chi connectivity index (χ3n) is 4.43. The minimum Gasteiger partial charge on any atom is -0.411 e. The number of hydrogen-bond donors (Lipinski definition) is 2. The smallest absolute Gasteiger partial charge is 0.224 e. The molecular weight excluding hydrogens is 360 g/mol. The minimum absolute atomic E-state index is 0.0367. The summed E-state index contributed by atoms with van der Waals surface area (Å²) in [7, 11) is 0. The number of nitrogens with one attached hydrogen (secondary N) is 1. The van der Waals surface area contributed by atoms with Gasteiger partial charge in [0.15, 0.2) is 5.16 Å². The zero-order valence-electron chi connectivity index (χ0n) is 14.5. The van der Waals surface area contributed by atoms with Gasteiger partial charge in [0.25, 0.3) is 0 Å². The van der Waals surface area contributed by atoms with Gasteiger partial charge in [-0.3, -0.25) is 9.36 Å². The molecule has 3 aromatic rings. The highest BCUT2D eigenvalue weighted by Gasteiger charge is 2.17. The van der Waals surface area contributed by atoms with E-state index in [0.29, 0.717) is 24.3 Å². The summed E-state index contributed by atoms with van der Waals surface area (Å²) < 4.78 is 2.00. The van der Waals surface area contributed by atoms with E-state index in [1.165, 1.54) is 11.8 Å². The predicted molar refractivity (Wildman–Crippen MR) is 106 cm³/mol. The van der Waals surface area contributed by atoms with Crippen LogP contribution >= 0.6 is 11.8 Å². The summed E-state index contributed by atoms with van der Waals surface area (Å²) in [5.74, 6) is 0.514. The fraction of sp³-hybridized carbons (Fsp3) is 0.150. The first-order chi connectivity index (χ1) is 13.2. The van der Waals surface area contributed by atoms with Crippen molar-refractivity contribution in [2.45, 2.75) is 18.0 Å². The van der Waals surface area contributed by atoms with Crippen molar-refractivity contribution in [1.82, 2.24) is 9.55 Å². The quantitative estimate of drug-likeness (QED) is 0.307. The number of nitrogens with zero attached hydrogens (tertiary/aromatic N) is 3. The van der Waals surface area contributed by atoms with Gasteiger partial charge in [-0.15, -0.1) is 0 Å². The number of thioether (sulfide) groups is 1. The Bertz CT molecular complexity index is 998. The standard InChI is InChI=1S/C20H18N4O2S/c25-19-9-7-14-12-15(6-8-17(14)22-19)18(23-26)13-27-20-21-10-11-24(20)16-4-2-1-3-5-16/h1-6,8,10-12,26H,7,9,13H2,(H,22,25). The molecular formula is C20H18N4O2S. The topological polar surface area (TPSA) is 79.5 Å². The van der Waals surface area contributed by atoms with E-state index in [1.54, 1.807) is 6.20 Å². The molecule has 0 atom stereocenters. The highest BCUT2D eigenvalue weighted by atomic mass is 32.2. The van der Waals surface area contributed by atoms with Crippen LogP contribution in [0.5, 0.6) is 0 Å². The van der Waals surface area contributed by atoms with E-state index in [0.717, 1.165) is 27.7 Å². The molecule has 0 fully saturated rings. The van der Waals surface area contributed by atoms with Crippen LogP contribution in [0, 0.1) is 0 Å². The third-order valence-corrected chi connectivity index (χ3v) is 5.41. The predicted octanol–water partition coefficient (Wildman–Crippen LogP) is 3.73. The highest BCUT2D eigenvalue weighted by molar-refractivity contribution is 7.99. The molecule has 0 unspecified atom stereocenters. The summed E-state index contributed by atoms with van der Waals surface area (Å²) in [6, 6.07) is 15.7. The highest BCUT2D eigenvalue weighted by Crippen LogP contribution is 2.26. The molecule has 0 bridgehead atoms. The molecule has 1 aliphatic rings. The average molecular weight is 378 g/mol. The second kappa shape index (κ2) is 7.67. The van der Waals surface area contributed by atoms with Crippen LogP contribution in [0.4, 0.5) is 5.69 Å². The van der Waals surface area contributed by atoms with Gasteiger partial charge in [-0.2, -0.15) is 0 Å². The van der Waals surface area contributed by atoms with Crippen molar-refractivity contribution in [2.75, 3.05) is 11.1 Å². The van der Waals surface area contributed by atoms with E-state index < -0.39 is 0 Å². The Morgan fingerprint density at radius 1 is 1.22 bits per heavy atom. The lowest BCUT2D eigenvalue weighted by molar-refractivity contribution is -0.116. The maximum Gasteiger partial charge on any atom is 0.224 e. The largest absolute Gasteiger partial charge is 0.411 e. The molecule has 0 aliphatic carbocycles. The molecule has 1 aliphatic heterocycles. The number of para-hydroxylation sites is 1. The van der Waals surface area contributed by atoms with Gasteiger partial charge < -0.3 is 10.5 Å². The SMILES string of the molecule is O=C1CCc2cc(C(CSc3nccn3-c3ccccc3)=NO)ccc2N1. The van der Waals surface area contributed by atoms with Gasteiger partial charge in [0.05, 0.1) is 5.71 Å². The maximum absolute atomic E-state index is 11.5. The van der Waals surface area contributed by atoms with Crippen molar-refractivity contribution >= 4 is 29.1 Å². The Balaban J connectivity index is 1.52. The van der Waals surface area contributed by atoms with Crippen molar-refractivity contribution in [3.63, 3.8) is 0 Å². The summed E-state index contributed by atoms with van der Waals surface area (Å²) in [6.45, 7) is 0. The van der Waals surface area contributed by atoms with E-state index in [2.05, 4.69) is 15.5 Å². The summed E-state index contributed by atoms with van der Waals surface area (Å²) in [5, 5.41) is 16.7. The normalized spacial score (nSPS) is 13.9. The first-order valence-electron chi connectivity index (χ1n) is 8.60. The number of aromatic nitrogens is 2. The Morgan fingerprint density at radius 3 is 2.89 bits per heavy atom. The monoisotopic (exact) mass is 378 g/mol. The van der Waals surface area contributed by atoms with Crippen LogP contribution in [-0.4, -0.2) is 32.1 Å². The van der Waals surface area contributed by atoms with E-state index in [4.69, 9.17) is 0 Å². The minimum atomic E-state index is 0.0367. The van der Waals surface area contributed by atoms with Crippen LogP contribution in [0.15, 0.2) is 71.2 Å². The number of carbonyl (C=O) groups is 1. The number of benzene rings is 2. The summed E-state index contributed by atoms with van der Waals surface area (Å²) in [6.07, 6.45) is 4.84. The molecule has 1 amide bonds. The Kier molecular flexibility index (Phi) is 4.93. The number of oxime groups is 1. The van der Waals surface area contributed by atoms with Crippen LogP contribution in [0.1, 0.15) is 17.5 Å². The van der Waals surface area contributed by atoms with Crippen molar-refractivity contribution in [2.24, 2.45) is 5.16 Å². The lowest BCUT2D eigenvalue weighted by atomic mass is 9.99. The van der Waals surface area contributed by atoms with Crippen LogP contribution < -0.4 is 5.32 Å². The number of rotatable bonds is 5. The molecule has 2 aromatic carbocycles. The van der Waals surface area contributed by atoms with Crippen molar-refractivity contribution < 1.29 is 10.0 Å². The molecule has 27 heavy (non-hydrogen) atoms. The van der Waals surface area contributed by atoms with E-state index in [1.807, 2.05) is 59.3 Å². The van der Waals surface area contributed by atoms with Gasteiger partial charge in [-0.25, -0.2) is 4.98 Å². The molecule has 2 N–H and O–H groups in total. The fourth-order valence-electron chi connectivity index (χ4n) is 3.05. The average Bonchev–Trinajstić information content (AvgIpc) is 3.18. The van der Waals surface area contributed by atoms with Gasteiger partial charge in [0.2, 0.25) is 5.91 Å². The Hall–Kier alpha value is -3.06. The molecule has 0 saturated heterocycles. The number of anilines is 1. The number of hydrogen-bond acceptors (Lipinski definition) is 5. The summed E-state index contributed by atoms with van der Waals surface area (Å²) >= 11 is 1.51. The Morgan fingerprint density at radius 2 is 2.07 bits per heavy atom. The van der Waals surface area contributed by atoms with Crippen molar-refractivity contribution in [3.8, 4) is 5.69 Å². The second-order valence-corrected chi connectivity index (χ2v) is 7.11. The molecule has 0 radical (unpaired) electrons. The molecule has 6 nitrogen and oxygen atoms in total. The Labute approximate surface area is 160 Å². The summed E-state index contributed by atoms with van der Waals surface area (Å²) in [5.41, 5.74) is 4.34. The van der Waals surface area contributed by atoms with Gasteiger partial charge in [-0.1, -0.05) is 41.2 Å². The molecule has 2 heterocycles. The number of amides is 1. The van der Waals surface area contributed by atoms with Gasteiger partial charge in [-0.05, 0) is 36.2 Å². The van der Waals surface area contributed by atoms with Crippen LogP contribution in [-0.2, 0) is 11.2 Å². The second-order valence-electron chi connectivity index (χ2n) is 6.17. The lowest BCUT2D eigenvalue weighted by Crippen LogP contribution is -2.19. The van der Waals surface area contributed by atoms with Gasteiger partial charge in [0.1, 0.15) is 0 Å². The first-order valence-corrected chi connectivity index (χ1v) is 9.59. The lowest BCUT2D eigenvalue weighted by Gasteiger charge is -2.17. The van der Waals surface area contributed by atoms with Crippen LogP contribution in [0.2, 0.25) is 0 Å². The number of carbonyl (C=O) groups excluding carboxylic acids is 1. The van der Waals surface area contributed by atoms with Crippen molar-refractivity contribution in [1.29, 1.82) is 0 Å². The molecule has 136 valence electrons. The molecule has 0 saturated carbocycles. The van der Waals surface area contributed by atoms with E-state index >= 15 is 0 Å². The number of aryl methyl sites for hydroxylation is 1. The van der Waals surface area contributed by atoms with Crippen LogP contribution in [0.3, 0.4) is 0 Å². The van der Waals surface area contributed by atoms with Crippen LogP contribution in [0.25, 0.3) is 5.69 Å². The first kappa shape index (κ1) is 17.4. The molecule has 1 aromatic heterocycles. The number of fused-ring (bicyclic) bond motifs is 1. The zero-order chi connectivity index (χ0) is 18.6. The van der Waals surface area contributed by atoms with E-state index in [-0.39, 0.29) is 5.91 Å². The van der Waals surface area contributed by atoms with Gasteiger partial charge in [0, 0.05) is 41.5 Å².